The van der Waals surface area contributed by atoms with Crippen LogP contribution in [0.5, 0.6) is 0 Å². The van der Waals surface area contributed by atoms with Crippen LogP contribution < -0.4 is 10.7 Å². The van der Waals surface area contributed by atoms with E-state index in [2.05, 4.69) is 5.32 Å². The van der Waals surface area contributed by atoms with Crippen LogP contribution in [0.2, 0.25) is 0 Å². The number of aryl methyl sites for hydroxylation is 1. The molecule has 0 bridgehead atoms. The highest BCUT2D eigenvalue weighted by Crippen LogP contribution is 2.26. The Labute approximate surface area is 140 Å². The van der Waals surface area contributed by atoms with Gasteiger partial charge in [0.25, 0.3) is 0 Å². The summed E-state index contributed by atoms with van der Waals surface area (Å²) in [5.74, 6) is 0.334. The van der Waals surface area contributed by atoms with E-state index < -0.39 is 0 Å². The maximum atomic E-state index is 12.5. The van der Waals surface area contributed by atoms with E-state index in [4.69, 9.17) is 4.42 Å². The Morgan fingerprint density at radius 3 is 2.54 bits per heavy atom. The monoisotopic (exact) mass is 321 g/mol. The molecule has 3 aromatic rings. The summed E-state index contributed by atoms with van der Waals surface area (Å²) in [6.07, 6.45) is 0. The molecular weight excluding hydrogens is 302 g/mol. The second-order valence-electron chi connectivity index (χ2n) is 6.14. The van der Waals surface area contributed by atoms with Gasteiger partial charge in [-0.15, -0.1) is 0 Å². The molecule has 0 aliphatic carbocycles. The minimum atomic E-state index is -0.129. The van der Waals surface area contributed by atoms with Gasteiger partial charge in [0.15, 0.2) is 5.43 Å². The van der Waals surface area contributed by atoms with E-state index in [9.17, 15) is 9.59 Å². The van der Waals surface area contributed by atoms with E-state index in [-0.39, 0.29) is 17.3 Å². The summed E-state index contributed by atoms with van der Waals surface area (Å²) in [5.41, 5.74) is 2.91. The fraction of sp³-hybridized carbons (Fsp3) is 0.200. The molecule has 0 unspecified atom stereocenters. The van der Waals surface area contributed by atoms with Crippen molar-refractivity contribution in [3.05, 3.63) is 64.3 Å². The van der Waals surface area contributed by atoms with Gasteiger partial charge in [-0.05, 0) is 30.7 Å². The smallest absolute Gasteiger partial charge is 0.226 e. The normalized spacial score (nSPS) is 11.0. The molecule has 2 aromatic carbocycles. The predicted molar refractivity (Wildman–Crippen MR) is 96.1 cm³/mol. The van der Waals surface area contributed by atoms with Gasteiger partial charge in [-0.1, -0.05) is 38.1 Å². The Morgan fingerprint density at radius 2 is 1.83 bits per heavy atom. The minimum absolute atomic E-state index is 0.0877. The van der Waals surface area contributed by atoms with Crippen LogP contribution in [0.4, 0.5) is 5.69 Å². The largest absolute Gasteiger partial charge is 0.456 e. The third-order valence-electron chi connectivity index (χ3n) is 3.93. The zero-order valence-corrected chi connectivity index (χ0v) is 13.9. The van der Waals surface area contributed by atoms with Gasteiger partial charge in [-0.25, -0.2) is 0 Å². The zero-order chi connectivity index (χ0) is 17.3. The van der Waals surface area contributed by atoms with E-state index >= 15 is 0 Å². The molecular formula is C20H19NO3. The van der Waals surface area contributed by atoms with Crippen LogP contribution >= 0.6 is 0 Å². The number of nitrogens with one attached hydrogen (secondary N) is 1. The first-order valence-electron chi connectivity index (χ1n) is 7.90. The average Bonchev–Trinajstić information content (AvgIpc) is 2.55. The van der Waals surface area contributed by atoms with Crippen LogP contribution in [0.15, 0.2) is 57.7 Å². The highest BCUT2D eigenvalue weighted by molar-refractivity contribution is 5.94. The van der Waals surface area contributed by atoms with Crippen LogP contribution in [0.1, 0.15) is 19.4 Å². The van der Waals surface area contributed by atoms with E-state index in [1.165, 1.54) is 6.07 Å². The lowest BCUT2D eigenvalue weighted by atomic mass is 10.1. The Morgan fingerprint density at radius 1 is 1.08 bits per heavy atom. The topological polar surface area (TPSA) is 59.3 Å². The standard InChI is InChI=1S/C20H19NO3/c1-12(2)20(23)21-14-8-9-18-16(10-14)17(22)11-19(24-18)15-7-5-4-6-13(15)3/h4-12H,1-3H3,(H,21,23). The van der Waals surface area contributed by atoms with Crippen molar-refractivity contribution in [2.45, 2.75) is 20.8 Å². The zero-order valence-electron chi connectivity index (χ0n) is 13.9. The van der Waals surface area contributed by atoms with Gasteiger partial charge in [0.05, 0.1) is 5.39 Å². The quantitative estimate of drug-likeness (QED) is 0.779. The second kappa shape index (κ2) is 6.32. The summed E-state index contributed by atoms with van der Waals surface area (Å²) in [6, 6.07) is 14.4. The van der Waals surface area contributed by atoms with Gasteiger partial charge in [-0.3, -0.25) is 9.59 Å². The summed E-state index contributed by atoms with van der Waals surface area (Å²) in [7, 11) is 0. The molecule has 0 saturated carbocycles. The molecule has 3 rings (SSSR count). The summed E-state index contributed by atoms with van der Waals surface area (Å²) < 4.78 is 5.90. The van der Waals surface area contributed by atoms with Crippen molar-refractivity contribution in [3.63, 3.8) is 0 Å². The lowest BCUT2D eigenvalue weighted by Crippen LogP contribution is -2.17. The number of hydrogen-bond acceptors (Lipinski definition) is 3. The molecule has 0 aliphatic heterocycles. The molecule has 1 heterocycles. The molecule has 0 fully saturated rings. The summed E-state index contributed by atoms with van der Waals surface area (Å²) in [4.78, 5) is 24.3. The first-order valence-corrected chi connectivity index (χ1v) is 7.90. The molecule has 122 valence electrons. The maximum absolute atomic E-state index is 12.5. The SMILES string of the molecule is Cc1ccccc1-c1cc(=O)c2cc(NC(=O)C(C)C)ccc2o1. The number of anilines is 1. The fourth-order valence-corrected chi connectivity index (χ4v) is 2.50. The van der Waals surface area contributed by atoms with Crippen molar-refractivity contribution in [3.8, 4) is 11.3 Å². The van der Waals surface area contributed by atoms with Crippen molar-refractivity contribution in [2.24, 2.45) is 5.92 Å². The van der Waals surface area contributed by atoms with Gasteiger partial charge < -0.3 is 9.73 Å². The minimum Gasteiger partial charge on any atom is -0.456 e. The number of hydrogen-bond donors (Lipinski definition) is 1. The van der Waals surface area contributed by atoms with Crippen LogP contribution in [0.25, 0.3) is 22.3 Å². The van der Waals surface area contributed by atoms with Crippen molar-refractivity contribution in [1.29, 1.82) is 0 Å². The summed E-state index contributed by atoms with van der Waals surface area (Å²) >= 11 is 0. The number of benzene rings is 2. The van der Waals surface area contributed by atoms with Crippen LogP contribution in [-0.4, -0.2) is 5.91 Å². The van der Waals surface area contributed by atoms with Crippen LogP contribution in [0.3, 0.4) is 0 Å². The molecule has 0 saturated heterocycles. The van der Waals surface area contributed by atoms with Gasteiger partial charge in [0.2, 0.25) is 5.91 Å². The summed E-state index contributed by atoms with van der Waals surface area (Å²) in [6.45, 7) is 5.61. The first kappa shape index (κ1) is 16.0. The predicted octanol–water partition coefficient (Wildman–Crippen LogP) is 4.36. The molecule has 4 nitrogen and oxygen atoms in total. The van der Waals surface area contributed by atoms with Crippen LogP contribution in [0, 0.1) is 12.8 Å². The van der Waals surface area contributed by atoms with Gasteiger partial charge in [0.1, 0.15) is 11.3 Å². The number of rotatable bonds is 3. The third kappa shape index (κ3) is 3.08. The molecule has 1 amide bonds. The molecule has 0 spiro atoms. The Kier molecular flexibility index (Phi) is 4.21. The second-order valence-corrected chi connectivity index (χ2v) is 6.14. The third-order valence-corrected chi connectivity index (χ3v) is 3.93. The highest BCUT2D eigenvalue weighted by atomic mass is 16.3. The first-order chi connectivity index (χ1) is 11.5. The molecule has 1 aromatic heterocycles. The fourth-order valence-electron chi connectivity index (χ4n) is 2.50. The van der Waals surface area contributed by atoms with Crippen LogP contribution in [-0.2, 0) is 4.79 Å². The highest BCUT2D eigenvalue weighted by Gasteiger charge is 2.11. The molecule has 0 atom stereocenters. The van der Waals surface area contributed by atoms with E-state index in [0.717, 1.165) is 11.1 Å². The molecule has 1 N–H and O–H groups in total. The van der Waals surface area contributed by atoms with Gasteiger partial charge >= 0.3 is 0 Å². The Balaban J connectivity index is 2.06. The lowest BCUT2D eigenvalue weighted by Gasteiger charge is -2.09. The van der Waals surface area contributed by atoms with E-state index in [1.807, 2.05) is 45.0 Å². The van der Waals surface area contributed by atoms with Crippen molar-refractivity contribution < 1.29 is 9.21 Å². The molecule has 0 aliphatic rings. The van der Waals surface area contributed by atoms with E-state index in [1.54, 1.807) is 18.2 Å². The average molecular weight is 321 g/mol. The Hall–Kier alpha value is -2.88. The number of carbonyl (C=O) groups excluding carboxylic acids is 1. The summed E-state index contributed by atoms with van der Waals surface area (Å²) in [5, 5.41) is 3.25. The van der Waals surface area contributed by atoms with Crippen molar-refractivity contribution in [2.75, 3.05) is 5.32 Å². The lowest BCUT2D eigenvalue weighted by molar-refractivity contribution is -0.118. The number of amides is 1. The van der Waals surface area contributed by atoms with E-state index in [0.29, 0.717) is 22.4 Å². The maximum Gasteiger partial charge on any atom is 0.226 e. The molecule has 4 heteroatoms. The number of fused-ring (bicyclic) bond motifs is 1. The molecule has 24 heavy (non-hydrogen) atoms. The van der Waals surface area contributed by atoms with Crippen molar-refractivity contribution in [1.82, 2.24) is 0 Å². The molecule has 0 radical (unpaired) electrons. The number of carbonyl (C=O) groups is 1. The Bertz CT molecular complexity index is 970. The van der Waals surface area contributed by atoms with Gasteiger partial charge in [0, 0.05) is 23.2 Å². The van der Waals surface area contributed by atoms with Gasteiger partial charge in [-0.2, -0.15) is 0 Å². The van der Waals surface area contributed by atoms with Crippen molar-refractivity contribution >= 4 is 22.6 Å².